The SMILES string of the molecule is CCNCC(Oc1ccc(C)nc1)c1ccccc1. The van der Waals surface area contributed by atoms with Crippen LogP contribution in [-0.4, -0.2) is 18.1 Å². The van der Waals surface area contributed by atoms with Gasteiger partial charge in [0.25, 0.3) is 0 Å². The van der Waals surface area contributed by atoms with Crippen LogP contribution in [0.25, 0.3) is 0 Å². The lowest BCUT2D eigenvalue weighted by Crippen LogP contribution is -2.24. The van der Waals surface area contributed by atoms with Crippen molar-refractivity contribution in [3.8, 4) is 5.75 Å². The number of nitrogens with zero attached hydrogens (tertiary/aromatic N) is 1. The number of nitrogens with one attached hydrogen (secondary N) is 1. The van der Waals surface area contributed by atoms with Crippen LogP contribution in [0, 0.1) is 6.92 Å². The minimum Gasteiger partial charge on any atom is -0.483 e. The monoisotopic (exact) mass is 256 g/mol. The fourth-order valence-electron chi connectivity index (χ4n) is 1.86. The zero-order valence-corrected chi connectivity index (χ0v) is 11.5. The molecule has 0 saturated carbocycles. The van der Waals surface area contributed by atoms with Gasteiger partial charge in [-0.3, -0.25) is 4.98 Å². The van der Waals surface area contributed by atoms with Gasteiger partial charge in [-0.2, -0.15) is 0 Å². The lowest BCUT2D eigenvalue weighted by Gasteiger charge is -2.19. The summed E-state index contributed by atoms with van der Waals surface area (Å²) < 4.78 is 6.03. The van der Waals surface area contributed by atoms with Gasteiger partial charge in [-0.1, -0.05) is 37.3 Å². The highest BCUT2D eigenvalue weighted by Gasteiger charge is 2.12. The average Bonchev–Trinajstić information content (AvgIpc) is 2.46. The molecule has 100 valence electrons. The maximum Gasteiger partial charge on any atom is 0.138 e. The first-order valence-corrected chi connectivity index (χ1v) is 6.64. The van der Waals surface area contributed by atoms with E-state index < -0.39 is 0 Å². The Morgan fingerprint density at radius 3 is 2.58 bits per heavy atom. The van der Waals surface area contributed by atoms with Crippen LogP contribution in [0.2, 0.25) is 0 Å². The van der Waals surface area contributed by atoms with Crippen LogP contribution in [0.1, 0.15) is 24.3 Å². The third-order valence-corrected chi connectivity index (χ3v) is 2.91. The molecule has 0 fully saturated rings. The topological polar surface area (TPSA) is 34.1 Å². The number of pyridine rings is 1. The quantitative estimate of drug-likeness (QED) is 0.862. The fraction of sp³-hybridized carbons (Fsp3) is 0.312. The van der Waals surface area contributed by atoms with Crippen LogP contribution >= 0.6 is 0 Å². The van der Waals surface area contributed by atoms with Crippen LogP contribution < -0.4 is 10.1 Å². The fourth-order valence-corrected chi connectivity index (χ4v) is 1.86. The van der Waals surface area contributed by atoms with E-state index in [0.717, 1.165) is 24.5 Å². The van der Waals surface area contributed by atoms with E-state index in [1.807, 2.05) is 37.3 Å². The average molecular weight is 256 g/mol. The Morgan fingerprint density at radius 1 is 1.16 bits per heavy atom. The first-order valence-electron chi connectivity index (χ1n) is 6.64. The molecule has 1 aromatic heterocycles. The van der Waals surface area contributed by atoms with E-state index in [1.165, 1.54) is 5.56 Å². The summed E-state index contributed by atoms with van der Waals surface area (Å²) in [4.78, 5) is 4.26. The molecule has 1 heterocycles. The molecule has 1 atom stereocenters. The molecule has 2 aromatic rings. The van der Waals surface area contributed by atoms with Crippen LogP contribution in [-0.2, 0) is 0 Å². The summed E-state index contributed by atoms with van der Waals surface area (Å²) in [7, 11) is 0. The van der Waals surface area contributed by atoms with Gasteiger partial charge in [0.1, 0.15) is 11.9 Å². The van der Waals surface area contributed by atoms with Crippen molar-refractivity contribution in [2.45, 2.75) is 20.0 Å². The Labute approximate surface area is 114 Å². The molecule has 19 heavy (non-hydrogen) atoms. The van der Waals surface area contributed by atoms with Gasteiger partial charge in [-0.05, 0) is 31.2 Å². The molecule has 3 heteroatoms. The van der Waals surface area contributed by atoms with Crippen LogP contribution in [0.3, 0.4) is 0 Å². The molecular formula is C16H20N2O. The van der Waals surface area contributed by atoms with Gasteiger partial charge in [-0.15, -0.1) is 0 Å². The Hall–Kier alpha value is -1.87. The number of likely N-dealkylation sites (N-methyl/N-ethyl adjacent to an activating group) is 1. The van der Waals surface area contributed by atoms with Crippen LogP contribution in [0.5, 0.6) is 5.75 Å². The molecule has 0 saturated heterocycles. The number of hydrogen-bond acceptors (Lipinski definition) is 3. The minimum absolute atomic E-state index is 0.00524. The number of benzene rings is 1. The third kappa shape index (κ3) is 4.07. The number of aromatic nitrogens is 1. The Bertz CT molecular complexity index is 482. The summed E-state index contributed by atoms with van der Waals surface area (Å²) in [6.07, 6.45) is 1.78. The molecule has 1 N–H and O–H groups in total. The van der Waals surface area contributed by atoms with Crippen molar-refractivity contribution >= 4 is 0 Å². The molecular weight excluding hydrogens is 236 g/mol. The summed E-state index contributed by atoms with van der Waals surface area (Å²) in [5.41, 5.74) is 2.17. The number of ether oxygens (including phenoxy) is 1. The second kappa shape index (κ2) is 6.90. The van der Waals surface area contributed by atoms with E-state index in [-0.39, 0.29) is 6.10 Å². The van der Waals surface area contributed by atoms with E-state index in [1.54, 1.807) is 6.20 Å². The normalized spacial score (nSPS) is 12.1. The predicted octanol–water partition coefficient (Wildman–Crippen LogP) is 3.12. The molecule has 0 radical (unpaired) electrons. The van der Waals surface area contributed by atoms with E-state index in [4.69, 9.17) is 4.74 Å². The number of hydrogen-bond donors (Lipinski definition) is 1. The lowest BCUT2D eigenvalue weighted by molar-refractivity contribution is 0.202. The smallest absolute Gasteiger partial charge is 0.138 e. The molecule has 0 aliphatic rings. The first-order chi connectivity index (χ1) is 9.29. The van der Waals surface area contributed by atoms with Gasteiger partial charge in [0.2, 0.25) is 0 Å². The number of rotatable bonds is 6. The van der Waals surface area contributed by atoms with Crippen molar-refractivity contribution in [2.75, 3.05) is 13.1 Å². The molecule has 2 rings (SSSR count). The summed E-state index contributed by atoms with van der Waals surface area (Å²) in [6.45, 7) is 5.78. The lowest BCUT2D eigenvalue weighted by atomic mass is 10.1. The molecule has 0 aliphatic heterocycles. The van der Waals surface area contributed by atoms with E-state index in [0.29, 0.717) is 0 Å². The van der Waals surface area contributed by atoms with E-state index in [2.05, 4.69) is 29.4 Å². The molecule has 3 nitrogen and oxygen atoms in total. The molecule has 0 amide bonds. The maximum atomic E-state index is 6.03. The molecule has 1 aromatic carbocycles. The molecule has 0 aliphatic carbocycles. The molecule has 0 bridgehead atoms. The van der Waals surface area contributed by atoms with E-state index in [9.17, 15) is 0 Å². The second-order valence-electron chi connectivity index (χ2n) is 4.46. The van der Waals surface area contributed by atoms with Gasteiger partial charge >= 0.3 is 0 Å². The predicted molar refractivity (Wildman–Crippen MR) is 77.3 cm³/mol. The van der Waals surface area contributed by atoms with Crippen molar-refractivity contribution < 1.29 is 4.74 Å². The first kappa shape index (κ1) is 13.6. The number of aryl methyl sites for hydroxylation is 1. The van der Waals surface area contributed by atoms with Crippen molar-refractivity contribution in [1.29, 1.82) is 0 Å². The Balaban J connectivity index is 2.11. The van der Waals surface area contributed by atoms with Gasteiger partial charge in [-0.25, -0.2) is 0 Å². The van der Waals surface area contributed by atoms with Crippen molar-refractivity contribution in [3.63, 3.8) is 0 Å². The van der Waals surface area contributed by atoms with E-state index >= 15 is 0 Å². The zero-order chi connectivity index (χ0) is 13.5. The highest BCUT2D eigenvalue weighted by Crippen LogP contribution is 2.20. The van der Waals surface area contributed by atoms with Gasteiger partial charge in [0.15, 0.2) is 0 Å². The Morgan fingerprint density at radius 2 is 1.95 bits per heavy atom. The van der Waals surface area contributed by atoms with Crippen molar-refractivity contribution in [1.82, 2.24) is 10.3 Å². The third-order valence-electron chi connectivity index (χ3n) is 2.91. The maximum absolute atomic E-state index is 6.03. The standard InChI is InChI=1S/C16H20N2O/c1-3-17-12-16(14-7-5-4-6-8-14)19-15-10-9-13(2)18-11-15/h4-11,16-17H,3,12H2,1-2H3. The minimum atomic E-state index is 0.00524. The van der Waals surface area contributed by atoms with Crippen LogP contribution in [0.4, 0.5) is 0 Å². The molecule has 1 unspecified atom stereocenters. The zero-order valence-electron chi connectivity index (χ0n) is 11.5. The second-order valence-corrected chi connectivity index (χ2v) is 4.46. The van der Waals surface area contributed by atoms with Gasteiger partial charge in [0.05, 0.1) is 6.20 Å². The van der Waals surface area contributed by atoms with Gasteiger partial charge in [0, 0.05) is 12.2 Å². The summed E-state index contributed by atoms with van der Waals surface area (Å²) in [5.74, 6) is 0.803. The summed E-state index contributed by atoms with van der Waals surface area (Å²) >= 11 is 0. The van der Waals surface area contributed by atoms with Crippen molar-refractivity contribution in [3.05, 3.63) is 59.9 Å². The highest BCUT2D eigenvalue weighted by atomic mass is 16.5. The largest absolute Gasteiger partial charge is 0.483 e. The summed E-state index contributed by atoms with van der Waals surface area (Å²) in [6, 6.07) is 14.2. The molecule has 0 spiro atoms. The van der Waals surface area contributed by atoms with Crippen LogP contribution in [0.15, 0.2) is 48.7 Å². The van der Waals surface area contributed by atoms with Gasteiger partial charge < -0.3 is 10.1 Å². The Kier molecular flexibility index (Phi) is 4.93. The highest BCUT2D eigenvalue weighted by molar-refractivity contribution is 5.23. The summed E-state index contributed by atoms with van der Waals surface area (Å²) in [5, 5.41) is 3.33. The van der Waals surface area contributed by atoms with Crippen molar-refractivity contribution in [2.24, 2.45) is 0 Å².